The normalized spacial score (nSPS) is 10.6. The summed E-state index contributed by atoms with van der Waals surface area (Å²) in [5.41, 5.74) is 5.65. The molecule has 172 valence electrons. The quantitative estimate of drug-likeness (QED) is 0.560. The molecule has 0 fully saturated rings. The maximum absolute atomic E-state index is 12.3. The van der Waals surface area contributed by atoms with E-state index in [1.165, 1.54) is 11.9 Å². The lowest BCUT2D eigenvalue weighted by atomic mass is 10.1. The summed E-state index contributed by atoms with van der Waals surface area (Å²) in [5.74, 6) is -1.41. The van der Waals surface area contributed by atoms with E-state index in [4.69, 9.17) is 4.74 Å². The molecule has 2 aromatic carbocycles. The Bertz CT molecular complexity index is 1160. The average molecular weight is 449 g/mol. The summed E-state index contributed by atoms with van der Waals surface area (Å²) < 4.78 is 6.92. The van der Waals surface area contributed by atoms with Crippen LogP contribution in [0.3, 0.4) is 0 Å². The third-order valence-corrected chi connectivity index (χ3v) is 5.24. The molecule has 8 nitrogen and oxygen atoms in total. The number of para-hydroxylation sites is 1. The Hall–Kier alpha value is -3.94. The summed E-state index contributed by atoms with van der Waals surface area (Å²) >= 11 is 0. The minimum atomic E-state index is -0.614. The van der Waals surface area contributed by atoms with Gasteiger partial charge in [-0.3, -0.25) is 9.59 Å². The Balaban J connectivity index is 1.51. The van der Waals surface area contributed by atoms with Gasteiger partial charge in [-0.25, -0.2) is 9.48 Å². The summed E-state index contributed by atoms with van der Waals surface area (Å²) in [7, 11) is 1.49. The van der Waals surface area contributed by atoms with Gasteiger partial charge in [-0.15, -0.1) is 0 Å². The van der Waals surface area contributed by atoms with Gasteiger partial charge in [-0.05, 0) is 69.2 Å². The third kappa shape index (κ3) is 5.85. The summed E-state index contributed by atoms with van der Waals surface area (Å²) in [6.07, 6.45) is 0. The molecule has 1 heterocycles. The lowest BCUT2D eigenvalue weighted by Gasteiger charge is -2.18. The zero-order valence-corrected chi connectivity index (χ0v) is 19.5. The molecule has 0 aliphatic carbocycles. The number of ether oxygens (including phenoxy) is 1. The highest BCUT2D eigenvalue weighted by atomic mass is 16.5. The predicted molar refractivity (Wildman–Crippen MR) is 126 cm³/mol. The van der Waals surface area contributed by atoms with E-state index in [0.29, 0.717) is 5.56 Å². The first-order chi connectivity index (χ1) is 15.7. The molecule has 1 aromatic heterocycles. The highest BCUT2D eigenvalue weighted by Crippen LogP contribution is 2.19. The number of benzene rings is 2. The van der Waals surface area contributed by atoms with Crippen molar-refractivity contribution in [1.29, 1.82) is 0 Å². The molecular formula is C25H28N4O4. The molecule has 0 spiro atoms. The molecule has 3 rings (SSSR count). The third-order valence-electron chi connectivity index (χ3n) is 5.24. The van der Waals surface area contributed by atoms with Crippen LogP contribution in [0.5, 0.6) is 0 Å². The lowest BCUT2D eigenvalue weighted by molar-refractivity contribution is -0.136. The van der Waals surface area contributed by atoms with E-state index < -0.39 is 18.5 Å². The number of esters is 1. The van der Waals surface area contributed by atoms with Crippen LogP contribution < -0.4 is 5.32 Å². The Kier molecular flexibility index (Phi) is 7.27. The van der Waals surface area contributed by atoms with Crippen molar-refractivity contribution in [2.24, 2.45) is 0 Å². The summed E-state index contributed by atoms with van der Waals surface area (Å²) in [5, 5.41) is 7.24. The van der Waals surface area contributed by atoms with Crippen LogP contribution >= 0.6 is 0 Å². The second kappa shape index (κ2) is 10.1. The second-order valence-electron chi connectivity index (χ2n) is 8.03. The topological polar surface area (TPSA) is 93.5 Å². The van der Waals surface area contributed by atoms with E-state index in [1.54, 1.807) is 28.9 Å². The van der Waals surface area contributed by atoms with Gasteiger partial charge < -0.3 is 15.0 Å². The first-order valence-corrected chi connectivity index (χ1v) is 10.6. The number of aryl methyl sites for hydroxylation is 4. The van der Waals surface area contributed by atoms with Crippen molar-refractivity contribution < 1.29 is 19.1 Å². The number of amides is 2. The SMILES string of the molecule is Cc1cc(C)n(-c2ccc(C(=O)OCC(=O)N(C)CC(=O)Nc3c(C)cccc3C)cc2)n1. The Morgan fingerprint density at radius 2 is 1.64 bits per heavy atom. The van der Waals surface area contributed by atoms with Gasteiger partial charge >= 0.3 is 5.97 Å². The van der Waals surface area contributed by atoms with E-state index in [9.17, 15) is 14.4 Å². The fourth-order valence-electron chi connectivity index (χ4n) is 3.44. The molecule has 0 saturated heterocycles. The highest BCUT2D eigenvalue weighted by Gasteiger charge is 2.17. The molecule has 3 aromatic rings. The molecule has 0 unspecified atom stereocenters. The molecular weight excluding hydrogens is 420 g/mol. The van der Waals surface area contributed by atoms with Crippen molar-refractivity contribution in [2.75, 3.05) is 25.5 Å². The number of hydrogen-bond acceptors (Lipinski definition) is 5. The van der Waals surface area contributed by atoms with Crippen molar-refractivity contribution in [2.45, 2.75) is 27.7 Å². The Morgan fingerprint density at radius 1 is 1.00 bits per heavy atom. The maximum Gasteiger partial charge on any atom is 0.338 e. The van der Waals surface area contributed by atoms with Crippen LogP contribution in [0.25, 0.3) is 5.69 Å². The van der Waals surface area contributed by atoms with Crippen molar-refractivity contribution in [3.05, 3.63) is 76.6 Å². The molecule has 0 bridgehead atoms. The number of carbonyl (C=O) groups is 3. The van der Waals surface area contributed by atoms with Gasteiger partial charge in [0.15, 0.2) is 6.61 Å². The number of anilines is 1. The summed E-state index contributed by atoms with van der Waals surface area (Å²) in [6, 6.07) is 14.5. The second-order valence-corrected chi connectivity index (χ2v) is 8.03. The molecule has 0 aliphatic heterocycles. The minimum absolute atomic E-state index is 0.151. The number of likely N-dealkylation sites (N-methyl/N-ethyl adjacent to an activating group) is 1. The molecule has 0 aliphatic rings. The van der Waals surface area contributed by atoms with Gasteiger partial charge in [0, 0.05) is 18.4 Å². The fourth-order valence-corrected chi connectivity index (χ4v) is 3.44. The van der Waals surface area contributed by atoms with Crippen molar-refractivity contribution in [3.63, 3.8) is 0 Å². The average Bonchev–Trinajstić information content (AvgIpc) is 3.12. The van der Waals surface area contributed by atoms with Gasteiger partial charge in [0.1, 0.15) is 0 Å². The molecule has 2 amide bonds. The number of rotatable bonds is 7. The Labute approximate surface area is 193 Å². The van der Waals surface area contributed by atoms with E-state index in [1.807, 2.05) is 52.0 Å². The van der Waals surface area contributed by atoms with Gasteiger partial charge in [0.2, 0.25) is 5.91 Å². The zero-order valence-electron chi connectivity index (χ0n) is 19.5. The number of hydrogen-bond donors (Lipinski definition) is 1. The number of nitrogens with zero attached hydrogens (tertiary/aromatic N) is 3. The monoisotopic (exact) mass is 448 g/mol. The van der Waals surface area contributed by atoms with Crippen LogP contribution in [-0.2, 0) is 14.3 Å². The first kappa shape index (κ1) is 23.7. The van der Waals surface area contributed by atoms with Crippen molar-refractivity contribution in [1.82, 2.24) is 14.7 Å². The van der Waals surface area contributed by atoms with Crippen molar-refractivity contribution >= 4 is 23.5 Å². The van der Waals surface area contributed by atoms with Gasteiger partial charge in [0.05, 0.1) is 23.5 Å². The molecule has 0 radical (unpaired) electrons. The van der Waals surface area contributed by atoms with E-state index in [2.05, 4.69) is 10.4 Å². The van der Waals surface area contributed by atoms with Gasteiger partial charge in [-0.2, -0.15) is 5.10 Å². The fraction of sp³-hybridized carbons (Fsp3) is 0.280. The molecule has 0 saturated carbocycles. The molecule has 33 heavy (non-hydrogen) atoms. The van der Waals surface area contributed by atoms with E-state index >= 15 is 0 Å². The largest absolute Gasteiger partial charge is 0.452 e. The van der Waals surface area contributed by atoms with E-state index in [-0.39, 0.29) is 12.5 Å². The lowest BCUT2D eigenvalue weighted by Crippen LogP contribution is -2.37. The first-order valence-electron chi connectivity index (χ1n) is 10.6. The minimum Gasteiger partial charge on any atom is -0.452 e. The summed E-state index contributed by atoms with van der Waals surface area (Å²) in [4.78, 5) is 38.2. The highest BCUT2D eigenvalue weighted by molar-refractivity contribution is 5.96. The number of carbonyl (C=O) groups excluding carboxylic acids is 3. The van der Waals surface area contributed by atoms with Crippen LogP contribution in [-0.4, -0.2) is 52.7 Å². The molecule has 8 heteroatoms. The number of nitrogens with one attached hydrogen (secondary N) is 1. The molecule has 1 N–H and O–H groups in total. The summed E-state index contributed by atoms with van der Waals surface area (Å²) in [6.45, 7) is 7.07. The van der Waals surface area contributed by atoms with Crippen molar-refractivity contribution in [3.8, 4) is 5.69 Å². The predicted octanol–water partition coefficient (Wildman–Crippen LogP) is 3.36. The molecule has 0 atom stereocenters. The van der Waals surface area contributed by atoms with Gasteiger partial charge in [0.25, 0.3) is 5.91 Å². The smallest absolute Gasteiger partial charge is 0.338 e. The van der Waals surface area contributed by atoms with Crippen LogP contribution in [0.1, 0.15) is 32.9 Å². The Morgan fingerprint density at radius 3 is 2.21 bits per heavy atom. The van der Waals surface area contributed by atoms with Crippen LogP contribution in [0.2, 0.25) is 0 Å². The van der Waals surface area contributed by atoms with E-state index in [0.717, 1.165) is 33.9 Å². The van der Waals surface area contributed by atoms with Crippen LogP contribution in [0.4, 0.5) is 5.69 Å². The maximum atomic E-state index is 12.3. The van der Waals surface area contributed by atoms with Crippen LogP contribution in [0, 0.1) is 27.7 Å². The standard InChI is InChI=1S/C25H28N4O4/c1-16-7-6-8-17(2)24(16)26-22(30)14-28(5)23(31)15-33-25(32)20-9-11-21(12-10-20)29-19(4)13-18(3)27-29/h6-13H,14-15H2,1-5H3,(H,26,30). The van der Waals surface area contributed by atoms with Crippen LogP contribution in [0.15, 0.2) is 48.5 Å². The number of aromatic nitrogens is 2. The zero-order chi connectivity index (χ0) is 24.1. The van der Waals surface area contributed by atoms with Gasteiger partial charge in [-0.1, -0.05) is 18.2 Å².